The standard InChI is InChI=1S/C68H41N3O2/c1-3-14-47(15-4-1)69(49-32-28-42(29-33-49)52-20-11-23-57-53-18-7-9-26-64(53)72-67(52)57)50-34-30-43-38-59-55-21-12-22-56-60-39-44-31-35-51(37-46(44)41-63(60)71(66(55)56)62(59)40-45(43)36-50)70(48-16-5-2-6-17-48)61-25-13-24-58-54-19-8-10-27-65(54)73-68(58)61/h1-41H. The van der Waals surface area contributed by atoms with Gasteiger partial charge in [0.2, 0.25) is 0 Å². The van der Waals surface area contributed by atoms with Gasteiger partial charge in [0.05, 0.1) is 22.2 Å². The van der Waals surface area contributed by atoms with E-state index < -0.39 is 0 Å². The summed E-state index contributed by atoms with van der Waals surface area (Å²) in [7, 11) is 0. The van der Waals surface area contributed by atoms with Crippen LogP contribution in [0.15, 0.2) is 258 Å². The molecule has 16 rings (SSSR count). The number of aromatic nitrogens is 1. The van der Waals surface area contributed by atoms with Crippen molar-refractivity contribution in [2.45, 2.75) is 0 Å². The topological polar surface area (TPSA) is 37.2 Å². The van der Waals surface area contributed by atoms with Crippen LogP contribution in [0.4, 0.5) is 34.1 Å². The fraction of sp³-hybridized carbons (Fsp3) is 0. The first-order valence-electron chi connectivity index (χ1n) is 24.9. The van der Waals surface area contributed by atoms with Gasteiger partial charge in [0.25, 0.3) is 0 Å². The summed E-state index contributed by atoms with van der Waals surface area (Å²) in [4.78, 5) is 4.68. The molecule has 5 nitrogen and oxygen atoms in total. The molecular weight excluding hydrogens is 891 g/mol. The summed E-state index contributed by atoms with van der Waals surface area (Å²) in [6.45, 7) is 0. The summed E-state index contributed by atoms with van der Waals surface area (Å²) in [5.41, 5.74) is 15.8. The minimum atomic E-state index is 0.867. The van der Waals surface area contributed by atoms with E-state index in [-0.39, 0.29) is 0 Å². The largest absolute Gasteiger partial charge is 0.455 e. The first kappa shape index (κ1) is 39.9. The van der Waals surface area contributed by atoms with Crippen molar-refractivity contribution in [3.63, 3.8) is 0 Å². The van der Waals surface area contributed by atoms with Gasteiger partial charge in [0.15, 0.2) is 5.58 Å². The van der Waals surface area contributed by atoms with Crippen molar-refractivity contribution in [1.29, 1.82) is 0 Å². The second kappa shape index (κ2) is 15.3. The van der Waals surface area contributed by atoms with Crippen molar-refractivity contribution in [1.82, 2.24) is 4.40 Å². The summed E-state index contributed by atoms with van der Waals surface area (Å²) < 4.78 is 15.6. The average molecular weight is 932 g/mol. The highest BCUT2D eigenvalue weighted by Gasteiger charge is 2.23. The Morgan fingerprint density at radius 2 is 0.753 bits per heavy atom. The third-order valence-electron chi connectivity index (χ3n) is 15.2. The molecule has 340 valence electrons. The van der Waals surface area contributed by atoms with Gasteiger partial charge in [-0.25, -0.2) is 0 Å². The SMILES string of the molecule is c1ccc(N(c2ccc(-c3cccc4c3oc3ccccc34)cc2)c2ccc3cc4c5cccc6c7cc8ccc(N(c9ccccc9)c9cccc%10c9oc9ccccc9%10)cc8cc7n(c4cc3c2)c56)cc1. The third-order valence-corrected chi connectivity index (χ3v) is 15.2. The summed E-state index contributed by atoms with van der Waals surface area (Å²) in [6.07, 6.45) is 0. The highest BCUT2D eigenvalue weighted by molar-refractivity contribution is 6.26. The van der Waals surface area contributed by atoms with Crippen LogP contribution in [0.5, 0.6) is 0 Å². The van der Waals surface area contributed by atoms with E-state index >= 15 is 0 Å². The molecule has 73 heavy (non-hydrogen) atoms. The van der Waals surface area contributed by atoms with E-state index in [9.17, 15) is 0 Å². The molecular formula is C68H41N3O2. The predicted molar refractivity (Wildman–Crippen MR) is 305 cm³/mol. The lowest BCUT2D eigenvalue weighted by atomic mass is 10.0. The molecule has 0 fully saturated rings. The Morgan fingerprint density at radius 1 is 0.288 bits per heavy atom. The number of hydrogen-bond donors (Lipinski definition) is 0. The lowest BCUT2D eigenvalue weighted by molar-refractivity contribution is 0.669. The lowest BCUT2D eigenvalue weighted by Gasteiger charge is -2.26. The normalized spacial score (nSPS) is 12.1. The molecule has 0 radical (unpaired) electrons. The number of furan rings is 2. The average Bonchev–Trinajstić information content (AvgIpc) is 4.21. The van der Waals surface area contributed by atoms with Crippen LogP contribution in [0.1, 0.15) is 0 Å². The van der Waals surface area contributed by atoms with Crippen LogP contribution in [-0.2, 0) is 0 Å². The molecule has 4 heterocycles. The maximum Gasteiger partial charge on any atom is 0.159 e. The predicted octanol–water partition coefficient (Wildman–Crippen LogP) is 19.5. The van der Waals surface area contributed by atoms with Gasteiger partial charge in [-0.3, -0.25) is 0 Å². The molecule has 0 amide bonds. The number of hydrogen-bond acceptors (Lipinski definition) is 4. The van der Waals surface area contributed by atoms with Crippen molar-refractivity contribution < 1.29 is 8.83 Å². The molecule has 16 aromatic rings. The Morgan fingerprint density at radius 3 is 1.38 bits per heavy atom. The molecule has 0 aliphatic rings. The zero-order chi connectivity index (χ0) is 47.7. The number of nitrogens with zero attached hydrogens (tertiary/aromatic N) is 3. The highest BCUT2D eigenvalue weighted by atomic mass is 16.3. The van der Waals surface area contributed by atoms with Crippen molar-refractivity contribution >= 4 is 138 Å². The quantitative estimate of drug-likeness (QED) is 0.160. The van der Waals surface area contributed by atoms with Gasteiger partial charge < -0.3 is 23.0 Å². The molecule has 4 aromatic heterocycles. The van der Waals surface area contributed by atoms with E-state index in [2.05, 4.69) is 245 Å². The molecule has 0 atom stereocenters. The molecule has 0 spiro atoms. The molecule has 0 unspecified atom stereocenters. The van der Waals surface area contributed by atoms with Crippen LogP contribution in [0.3, 0.4) is 0 Å². The summed E-state index contributed by atoms with van der Waals surface area (Å²) in [5.74, 6) is 0. The van der Waals surface area contributed by atoms with Crippen molar-refractivity contribution in [3.05, 3.63) is 249 Å². The molecule has 0 aliphatic carbocycles. The molecule has 0 bridgehead atoms. The molecule has 0 saturated carbocycles. The van der Waals surface area contributed by atoms with E-state index in [1.807, 2.05) is 18.2 Å². The fourth-order valence-electron chi connectivity index (χ4n) is 11.9. The van der Waals surface area contributed by atoms with Gasteiger partial charge in [-0.2, -0.15) is 0 Å². The molecule has 12 aromatic carbocycles. The van der Waals surface area contributed by atoms with Crippen LogP contribution in [0.2, 0.25) is 0 Å². The van der Waals surface area contributed by atoms with Gasteiger partial charge in [0.1, 0.15) is 16.7 Å². The Balaban J connectivity index is 0.845. The van der Waals surface area contributed by atoms with Crippen LogP contribution in [0, 0.1) is 0 Å². The second-order valence-electron chi connectivity index (χ2n) is 19.3. The molecule has 5 heteroatoms. The zero-order valence-electron chi connectivity index (χ0n) is 39.3. The zero-order valence-corrected chi connectivity index (χ0v) is 39.3. The molecule has 0 aliphatic heterocycles. The Hall–Kier alpha value is -9.84. The van der Waals surface area contributed by atoms with E-state index in [0.717, 1.165) is 89.1 Å². The molecule has 0 N–H and O–H groups in total. The Labute approximate surface area is 418 Å². The summed E-state index contributed by atoms with van der Waals surface area (Å²) >= 11 is 0. The van der Waals surface area contributed by atoms with Crippen molar-refractivity contribution in [3.8, 4) is 11.1 Å². The van der Waals surface area contributed by atoms with Gasteiger partial charge in [-0.1, -0.05) is 146 Å². The van der Waals surface area contributed by atoms with Gasteiger partial charge >= 0.3 is 0 Å². The monoisotopic (exact) mass is 931 g/mol. The second-order valence-corrected chi connectivity index (χ2v) is 19.3. The summed E-state index contributed by atoms with van der Waals surface area (Å²) in [5, 5.41) is 14.2. The van der Waals surface area contributed by atoms with E-state index in [1.54, 1.807) is 0 Å². The minimum absolute atomic E-state index is 0.867. The van der Waals surface area contributed by atoms with Gasteiger partial charge in [-0.05, 0) is 130 Å². The molecule has 0 saturated heterocycles. The van der Waals surface area contributed by atoms with Crippen LogP contribution in [-0.4, -0.2) is 4.40 Å². The van der Waals surface area contributed by atoms with Crippen LogP contribution in [0.25, 0.3) is 115 Å². The number of rotatable bonds is 7. The Bertz CT molecular complexity index is 4860. The van der Waals surface area contributed by atoms with Crippen LogP contribution < -0.4 is 9.80 Å². The van der Waals surface area contributed by atoms with E-state index in [4.69, 9.17) is 8.83 Å². The lowest BCUT2D eigenvalue weighted by Crippen LogP contribution is -2.10. The summed E-state index contributed by atoms with van der Waals surface area (Å²) in [6, 6.07) is 89.7. The van der Waals surface area contributed by atoms with Crippen molar-refractivity contribution in [2.24, 2.45) is 0 Å². The first-order chi connectivity index (χ1) is 36.2. The smallest absolute Gasteiger partial charge is 0.159 e. The van der Waals surface area contributed by atoms with Crippen LogP contribution >= 0.6 is 0 Å². The van der Waals surface area contributed by atoms with E-state index in [0.29, 0.717) is 0 Å². The Kier molecular flexibility index (Phi) is 8.39. The minimum Gasteiger partial charge on any atom is -0.455 e. The maximum atomic E-state index is 6.64. The number of para-hydroxylation sites is 7. The number of benzene rings is 12. The fourth-order valence-corrected chi connectivity index (χ4v) is 11.9. The highest BCUT2D eigenvalue weighted by Crippen LogP contribution is 2.46. The number of anilines is 6. The van der Waals surface area contributed by atoms with Gasteiger partial charge in [-0.15, -0.1) is 0 Å². The van der Waals surface area contributed by atoms with Gasteiger partial charge in [0, 0.05) is 77.1 Å². The van der Waals surface area contributed by atoms with Crippen molar-refractivity contribution in [2.75, 3.05) is 9.80 Å². The number of fused-ring (bicyclic) bond motifs is 14. The third kappa shape index (κ3) is 5.97. The first-order valence-corrected chi connectivity index (χ1v) is 24.9. The maximum absolute atomic E-state index is 6.64. The van der Waals surface area contributed by atoms with E-state index in [1.165, 1.54) is 59.6 Å².